The average Bonchev–Trinajstić information content (AvgIpc) is 2.90. The van der Waals surface area contributed by atoms with E-state index in [0.717, 1.165) is 42.9 Å². The first-order chi connectivity index (χ1) is 10.2. The second-order valence-corrected chi connectivity index (χ2v) is 6.36. The number of anilines is 1. The van der Waals surface area contributed by atoms with Crippen LogP contribution in [0.1, 0.15) is 51.1 Å². The third-order valence-corrected chi connectivity index (χ3v) is 5.03. The summed E-state index contributed by atoms with van der Waals surface area (Å²) in [4.78, 5) is 8.54. The summed E-state index contributed by atoms with van der Waals surface area (Å²) < 4.78 is 5.30. The van der Waals surface area contributed by atoms with Crippen molar-refractivity contribution in [2.45, 2.75) is 53.7 Å². The number of thiazole rings is 1. The number of aromatic nitrogens is 1. The predicted octanol–water partition coefficient (Wildman–Crippen LogP) is 3.66. The molecule has 1 aromatic heterocycles. The van der Waals surface area contributed by atoms with Crippen LogP contribution in [-0.4, -0.2) is 31.7 Å². The Kier molecular flexibility index (Phi) is 8.88. The highest BCUT2D eigenvalue weighted by Crippen LogP contribution is 2.28. The van der Waals surface area contributed by atoms with Gasteiger partial charge in [0.25, 0.3) is 0 Å². The van der Waals surface area contributed by atoms with Crippen LogP contribution in [0.15, 0.2) is 0 Å². The van der Waals surface area contributed by atoms with E-state index in [1.54, 1.807) is 7.11 Å². The summed E-state index contributed by atoms with van der Waals surface area (Å²) in [5.74, 6) is 0.747. The molecule has 0 spiro atoms. The van der Waals surface area contributed by atoms with E-state index in [1.165, 1.54) is 17.7 Å². The Labute approximate surface area is 133 Å². The third-order valence-electron chi connectivity index (χ3n) is 3.87. The zero-order valence-corrected chi connectivity index (χ0v) is 15.1. The molecule has 1 heterocycles. The molecule has 0 aromatic carbocycles. The van der Waals surface area contributed by atoms with Crippen LogP contribution in [0.5, 0.6) is 0 Å². The molecule has 1 N–H and O–H groups in total. The van der Waals surface area contributed by atoms with Crippen molar-refractivity contribution < 1.29 is 4.74 Å². The normalized spacial score (nSPS) is 11.3. The Morgan fingerprint density at radius 2 is 1.95 bits per heavy atom. The van der Waals surface area contributed by atoms with Crippen molar-refractivity contribution in [1.82, 2.24) is 10.3 Å². The van der Waals surface area contributed by atoms with Crippen LogP contribution in [0, 0.1) is 5.92 Å². The van der Waals surface area contributed by atoms with Gasteiger partial charge in [0.1, 0.15) is 0 Å². The minimum Gasteiger partial charge on any atom is -0.378 e. The minimum atomic E-state index is 0.597. The molecule has 0 saturated carbocycles. The number of rotatable bonds is 11. The van der Waals surface area contributed by atoms with Crippen molar-refractivity contribution in [1.29, 1.82) is 0 Å². The molecule has 4 nitrogen and oxygen atoms in total. The molecule has 5 heteroatoms. The number of hydrogen-bond donors (Lipinski definition) is 1. The lowest BCUT2D eigenvalue weighted by Gasteiger charge is -2.24. The van der Waals surface area contributed by atoms with Gasteiger partial charge in [-0.05, 0) is 19.4 Å². The quantitative estimate of drug-likeness (QED) is 0.676. The zero-order chi connectivity index (χ0) is 15.7. The lowest BCUT2D eigenvalue weighted by molar-refractivity contribution is 0.181. The Bertz CT molecular complexity index is 391. The second-order valence-electron chi connectivity index (χ2n) is 5.30. The van der Waals surface area contributed by atoms with Gasteiger partial charge in [0.15, 0.2) is 5.13 Å². The first-order valence-electron chi connectivity index (χ1n) is 8.13. The fourth-order valence-electron chi connectivity index (χ4n) is 2.33. The molecule has 0 amide bonds. The monoisotopic (exact) mass is 313 g/mol. The standard InChI is InChI=1S/C16H31N3OS/c1-6-13(7-2)11-19(9-4)16-18-14(12-20-5)15(21-16)10-17-8-3/h13,17H,6-12H2,1-5H3. The molecular formula is C16H31N3OS. The molecule has 1 aromatic rings. The maximum absolute atomic E-state index is 5.30. The smallest absolute Gasteiger partial charge is 0.185 e. The molecule has 0 radical (unpaired) electrons. The molecule has 1 rings (SSSR count). The third kappa shape index (κ3) is 5.57. The Morgan fingerprint density at radius 1 is 1.24 bits per heavy atom. The molecule has 0 unspecified atom stereocenters. The van der Waals surface area contributed by atoms with E-state index in [2.05, 4.69) is 37.9 Å². The van der Waals surface area contributed by atoms with Crippen LogP contribution in [0.4, 0.5) is 5.13 Å². The van der Waals surface area contributed by atoms with Gasteiger partial charge in [-0.2, -0.15) is 0 Å². The number of nitrogens with zero attached hydrogens (tertiary/aromatic N) is 2. The number of ether oxygens (including phenoxy) is 1. The van der Waals surface area contributed by atoms with E-state index < -0.39 is 0 Å². The molecule has 0 aliphatic carbocycles. The van der Waals surface area contributed by atoms with Gasteiger partial charge in [-0.25, -0.2) is 4.98 Å². The summed E-state index contributed by atoms with van der Waals surface area (Å²) in [6.45, 7) is 13.5. The fraction of sp³-hybridized carbons (Fsp3) is 0.812. The highest BCUT2D eigenvalue weighted by atomic mass is 32.1. The molecular weight excluding hydrogens is 282 g/mol. The Morgan fingerprint density at radius 3 is 2.48 bits per heavy atom. The van der Waals surface area contributed by atoms with Crippen molar-refractivity contribution in [2.24, 2.45) is 5.92 Å². The lowest BCUT2D eigenvalue weighted by Crippen LogP contribution is -2.28. The first-order valence-corrected chi connectivity index (χ1v) is 8.94. The molecule has 21 heavy (non-hydrogen) atoms. The number of methoxy groups -OCH3 is 1. The molecule has 0 saturated heterocycles. The van der Waals surface area contributed by atoms with Gasteiger partial charge in [0, 0.05) is 31.6 Å². The van der Waals surface area contributed by atoms with Crippen LogP contribution in [0.25, 0.3) is 0 Å². The molecule has 0 fully saturated rings. The fourth-order valence-corrected chi connectivity index (χ4v) is 3.44. The minimum absolute atomic E-state index is 0.597. The highest BCUT2D eigenvalue weighted by molar-refractivity contribution is 7.15. The predicted molar refractivity (Wildman–Crippen MR) is 92.2 cm³/mol. The molecule has 0 bridgehead atoms. The summed E-state index contributed by atoms with van der Waals surface area (Å²) in [6, 6.07) is 0. The van der Waals surface area contributed by atoms with E-state index in [4.69, 9.17) is 9.72 Å². The van der Waals surface area contributed by atoms with E-state index in [-0.39, 0.29) is 0 Å². The van der Waals surface area contributed by atoms with Crippen molar-refractivity contribution in [3.8, 4) is 0 Å². The Hall–Kier alpha value is -0.650. The molecule has 0 atom stereocenters. The maximum atomic E-state index is 5.30. The van der Waals surface area contributed by atoms with Crippen LogP contribution in [0.2, 0.25) is 0 Å². The van der Waals surface area contributed by atoms with Crippen molar-refractivity contribution in [3.05, 3.63) is 10.6 Å². The van der Waals surface area contributed by atoms with Crippen LogP contribution >= 0.6 is 11.3 Å². The van der Waals surface area contributed by atoms with E-state index >= 15 is 0 Å². The van der Waals surface area contributed by atoms with Crippen LogP contribution in [-0.2, 0) is 17.9 Å². The van der Waals surface area contributed by atoms with Gasteiger partial charge >= 0.3 is 0 Å². The first kappa shape index (κ1) is 18.4. The second kappa shape index (κ2) is 10.1. The lowest BCUT2D eigenvalue weighted by atomic mass is 10.0. The molecule has 122 valence electrons. The summed E-state index contributed by atoms with van der Waals surface area (Å²) in [7, 11) is 1.73. The topological polar surface area (TPSA) is 37.4 Å². The summed E-state index contributed by atoms with van der Waals surface area (Å²) >= 11 is 1.81. The van der Waals surface area contributed by atoms with E-state index in [1.807, 2.05) is 11.3 Å². The van der Waals surface area contributed by atoms with Crippen molar-refractivity contribution in [3.63, 3.8) is 0 Å². The maximum Gasteiger partial charge on any atom is 0.185 e. The van der Waals surface area contributed by atoms with Gasteiger partial charge in [0.2, 0.25) is 0 Å². The zero-order valence-electron chi connectivity index (χ0n) is 14.2. The summed E-state index contributed by atoms with van der Waals surface area (Å²) in [5.41, 5.74) is 1.08. The van der Waals surface area contributed by atoms with Gasteiger partial charge in [0.05, 0.1) is 12.3 Å². The number of hydrogen-bond acceptors (Lipinski definition) is 5. The number of nitrogens with one attached hydrogen (secondary N) is 1. The summed E-state index contributed by atoms with van der Waals surface area (Å²) in [6.07, 6.45) is 2.46. The molecule has 0 aliphatic heterocycles. The van der Waals surface area contributed by atoms with Crippen LogP contribution < -0.4 is 10.2 Å². The highest BCUT2D eigenvalue weighted by Gasteiger charge is 2.17. The van der Waals surface area contributed by atoms with Crippen LogP contribution in [0.3, 0.4) is 0 Å². The van der Waals surface area contributed by atoms with Crippen molar-refractivity contribution in [2.75, 3.05) is 31.6 Å². The van der Waals surface area contributed by atoms with E-state index in [0.29, 0.717) is 6.61 Å². The van der Waals surface area contributed by atoms with Gasteiger partial charge in [-0.15, -0.1) is 11.3 Å². The van der Waals surface area contributed by atoms with Gasteiger partial charge in [-0.1, -0.05) is 33.6 Å². The van der Waals surface area contributed by atoms with Gasteiger partial charge in [-0.3, -0.25) is 0 Å². The molecule has 0 aliphatic rings. The Balaban J connectivity index is 2.87. The summed E-state index contributed by atoms with van der Waals surface area (Å²) in [5, 5.41) is 4.54. The average molecular weight is 314 g/mol. The van der Waals surface area contributed by atoms with Gasteiger partial charge < -0.3 is 15.0 Å². The largest absolute Gasteiger partial charge is 0.378 e. The van der Waals surface area contributed by atoms with Crippen molar-refractivity contribution >= 4 is 16.5 Å². The van der Waals surface area contributed by atoms with E-state index in [9.17, 15) is 0 Å². The SMILES string of the molecule is CCNCc1sc(N(CC)CC(CC)CC)nc1COC.